The molecule has 5 rings (SSSR count). The molecule has 0 aliphatic carbocycles. The molecule has 4 N–H and O–H groups in total. The van der Waals surface area contributed by atoms with Crippen molar-refractivity contribution < 1.29 is 33.0 Å². The Kier molecular flexibility index (Phi) is 5.33. The fraction of sp³-hybridized carbons (Fsp3) is 0.0769. The van der Waals surface area contributed by atoms with Crippen molar-refractivity contribution in [2.75, 3.05) is 0 Å². The molecule has 0 aliphatic rings. The van der Waals surface area contributed by atoms with Crippen LogP contribution >= 0.6 is 11.6 Å². The molecule has 0 saturated heterocycles. The number of hydrogen-bond acceptors (Lipinski definition) is 2. The number of halogens is 4. The highest BCUT2D eigenvalue weighted by Crippen LogP contribution is 2.48. The van der Waals surface area contributed by atoms with E-state index in [1.165, 1.54) is 36.4 Å². The van der Waals surface area contributed by atoms with Gasteiger partial charge in [0, 0.05) is 45.3 Å². The number of benzene rings is 3. The van der Waals surface area contributed by atoms with Crippen molar-refractivity contribution in [3.8, 4) is 0 Å². The smallest absolute Gasteiger partial charge is 0.416 e. The van der Waals surface area contributed by atoms with E-state index in [2.05, 4.69) is 9.97 Å². The Morgan fingerprint density at radius 3 is 1.50 bits per heavy atom. The SMILES string of the molecule is O=C(O)c1ccc2c(C(Cl)(c3ccc(C(F)(F)F)cc3)c3c[nH]c4cc(C(=O)O)ccc34)c[nH]c2c1. The number of aromatic nitrogens is 2. The summed E-state index contributed by atoms with van der Waals surface area (Å²) in [6.07, 6.45) is -1.35. The van der Waals surface area contributed by atoms with Crippen LogP contribution in [0.4, 0.5) is 13.2 Å². The average molecular weight is 513 g/mol. The van der Waals surface area contributed by atoms with Crippen LogP contribution in [0.3, 0.4) is 0 Å². The first-order valence-electron chi connectivity index (χ1n) is 10.6. The molecule has 36 heavy (non-hydrogen) atoms. The molecule has 2 aromatic heterocycles. The summed E-state index contributed by atoms with van der Waals surface area (Å²) in [7, 11) is 0. The highest BCUT2D eigenvalue weighted by Gasteiger charge is 2.39. The number of rotatable bonds is 5. The number of hydrogen-bond donors (Lipinski definition) is 4. The molecular formula is C26H16ClF3N2O4. The van der Waals surface area contributed by atoms with Gasteiger partial charge < -0.3 is 20.2 Å². The van der Waals surface area contributed by atoms with Gasteiger partial charge in [0.1, 0.15) is 4.87 Å². The Morgan fingerprint density at radius 1 is 0.694 bits per heavy atom. The van der Waals surface area contributed by atoms with E-state index in [0.29, 0.717) is 38.5 Å². The fourth-order valence-electron chi connectivity index (χ4n) is 4.43. The van der Waals surface area contributed by atoms with Crippen molar-refractivity contribution in [1.82, 2.24) is 9.97 Å². The van der Waals surface area contributed by atoms with Crippen LogP contribution in [0.1, 0.15) is 43.0 Å². The van der Waals surface area contributed by atoms with Crippen LogP contribution in [0, 0.1) is 0 Å². The molecule has 5 aromatic rings. The zero-order chi connectivity index (χ0) is 25.8. The number of aromatic carboxylic acids is 2. The zero-order valence-electron chi connectivity index (χ0n) is 18.2. The summed E-state index contributed by atoms with van der Waals surface area (Å²) in [5.41, 5.74) is 1.55. The molecule has 0 bridgehead atoms. The van der Waals surface area contributed by atoms with Gasteiger partial charge in [0.05, 0.1) is 16.7 Å². The number of carbonyl (C=O) groups is 2. The van der Waals surface area contributed by atoms with Gasteiger partial charge in [-0.05, 0) is 42.0 Å². The Bertz CT molecular complexity index is 1560. The molecule has 6 nitrogen and oxygen atoms in total. The van der Waals surface area contributed by atoms with Crippen molar-refractivity contribution in [2.45, 2.75) is 11.1 Å². The van der Waals surface area contributed by atoms with Gasteiger partial charge in [-0.25, -0.2) is 9.59 Å². The first-order chi connectivity index (χ1) is 17.0. The minimum Gasteiger partial charge on any atom is -0.478 e. The molecule has 0 radical (unpaired) electrons. The number of H-pyrrole nitrogens is 2. The number of aromatic amines is 2. The summed E-state index contributed by atoms with van der Waals surface area (Å²) < 4.78 is 39.7. The lowest BCUT2D eigenvalue weighted by molar-refractivity contribution is -0.137. The van der Waals surface area contributed by atoms with E-state index in [9.17, 15) is 33.0 Å². The van der Waals surface area contributed by atoms with Crippen LogP contribution in [0.25, 0.3) is 21.8 Å². The van der Waals surface area contributed by atoms with E-state index in [1.807, 2.05) is 0 Å². The zero-order valence-corrected chi connectivity index (χ0v) is 18.9. The lowest BCUT2D eigenvalue weighted by Crippen LogP contribution is -2.22. The summed E-state index contributed by atoms with van der Waals surface area (Å²) >= 11 is 7.37. The quantitative estimate of drug-likeness (QED) is 0.199. The van der Waals surface area contributed by atoms with Crippen LogP contribution < -0.4 is 0 Å². The van der Waals surface area contributed by atoms with Gasteiger partial charge in [0.2, 0.25) is 0 Å². The number of carboxylic acids is 2. The maximum Gasteiger partial charge on any atom is 0.416 e. The Labute approximate surface area is 205 Å². The van der Waals surface area contributed by atoms with Gasteiger partial charge in [-0.15, -0.1) is 11.6 Å². The molecular weight excluding hydrogens is 497 g/mol. The fourth-order valence-corrected chi connectivity index (χ4v) is 4.87. The normalized spacial score (nSPS) is 12.3. The first kappa shape index (κ1) is 23.5. The Morgan fingerprint density at radius 2 is 1.11 bits per heavy atom. The molecule has 0 fully saturated rings. The Hall–Kier alpha value is -4.24. The third-order valence-corrected chi connectivity index (χ3v) is 6.84. The highest BCUT2D eigenvalue weighted by atomic mass is 35.5. The molecule has 0 spiro atoms. The summed E-state index contributed by atoms with van der Waals surface area (Å²) in [4.78, 5) is 27.3. The molecule has 0 amide bonds. The van der Waals surface area contributed by atoms with Crippen molar-refractivity contribution in [3.05, 3.63) is 106 Å². The van der Waals surface area contributed by atoms with Gasteiger partial charge in [0.15, 0.2) is 0 Å². The largest absolute Gasteiger partial charge is 0.478 e. The molecule has 3 aromatic carbocycles. The third kappa shape index (κ3) is 3.68. The highest BCUT2D eigenvalue weighted by molar-refractivity contribution is 6.30. The first-order valence-corrected chi connectivity index (χ1v) is 10.9. The van der Waals surface area contributed by atoms with Gasteiger partial charge >= 0.3 is 18.1 Å². The molecule has 0 aliphatic heterocycles. The number of carboxylic acid groups (broad SMARTS) is 2. The molecule has 10 heteroatoms. The van der Waals surface area contributed by atoms with Crippen LogP contribution in [0.5, 0.6) is 0 Å². The van der Waals surface area contributed by atoms with E-state index in [0.717, 1.165) is 12.1 Å². The number of fused-ring (bicyclic) bond motifs is 2. The van der Waals surface area contributed by atoms with E-state index in [-0.39, 0.29) is 11.1 Å². The van der Waals surface area contributed by atoms with Crippen LogP contribution in [0.2, 0.25) is 0 Å². The van der Waals surface area contributed by atoms with Crippen molar-refractivity contribution >= 4 is 45.3 Å². The molecule has 182 valence electrons. The van der Waals surface area contributed by atoms with E-state index in [4.69, 9.17) is 11.6 Å². The molecule has 2 heterocycles. The summed E-state index contributed by atoms with van der Waals surface area (Å²) in [5.74, 6) is -2.22. The predicted octanol–water partition coefficient (Wildman–Crippen LogP) is 6.60. The predicted molar refractivity (Wildman–Crippen MR) is 128 cm³/mol. The van der Waals surface area contributed by atoms with Gasteiger partial charge in [-0.1, -0.05) is 24.3 Å². The maximum absolute atomic E-state index is 13.2. The third-order valence-electron chi connectivity index (χ3n) is 6.21. The molecule has 0 atom stereocenters. The summed E-state index contributed by atoms with van der Waals surface area (Å²) in [6.45, 7) is 0. The summed E-state index contributed by atoms with van der Waals surface area (Å²) in [6, 6.07) is 13.4. The average Bonchev–Trinajstić information content (AvgIpc) is 3.47. The minimum absolute atomic E-state index is 0.0545. The second-order valence-electron chi connectivity index (χ2n) is 8.27. The lowest BCUT2D eigenvalue weighted by Gasteiger charge is -2.28. The molecule has 0 saturated carbocycles. The van der Waals surface area contributed by atoms with Crippen molar-refractivity contribution in [1.29, 1.82) is 0 Å². The topological polar surface area (TPSA) is 106 Å². The second kappa shape index (κ2) is 8.17. The monoisotopic (exact) mass is 512 g/mol. The van der Waals surface area contributed by atoms with Gasteiger partial charge in [0.25, 0.3) is 0 Å². The van der Waals surface area contributed by atoms with Crippen LogP contribution in [-0.2, 0) is 11.1 Å². The standard InChI is InChI=1S/C26H16ClF3N2O4/c27-25(15-3-5-16(6-4-15)26(28,29)30,19-11-31-21-9-13(23(33)34)1-7-17(19)21)20-12-32-22-10-14(24(35)36)2-8-18(20)22/h1-12,31-32H,(H,33,34)(H,35,36). The van der Waals surface area contributed by atoms with Crippen LogP contribution in [0.15, 0.2) is 73.1 Å². The number of alkyl halides is 4. The minimum atomic E-state index is -4.53. The van der Waals surface area contributed by atoms with Crippen molar-refractivity contribution in [3.63, 3.8) is 0 Å². The van der Waals surface area contributed by atoms with E-state index in [1.54, 1.807) is 24.5 Å². The van der Waals surface area contributed by atoms with E-state index >= 15 is 0 Å². The summed E-state index contributed by atoms with van der Waals surface area (Å²) in [5, 5.41) is 19.8. The maximum atomic E-state index is 13.2. The lowest BCUT2D eigenvalue weighted by atomic mass is 9.83. The molecule has 0 unspecified atom stereocenters. The van der Waals surface area contributed by atoms with Crippen LogP contribution in [-0.4, -0.2) is 32.1 Å². The Balaban J connectivity index is 1.78. The van der Waals surface area contributed by atoms with Gasteiger partial charge in [-0.3, -0.25) is 0 Å². The number of nitrogens with one attached hydrogen (secondary N) is 2. The van der Waals surface area contributed by atoms with Crippen molar-refractivity contribution in [2.24, 2.45) is 0 Å². The van der Waals surface area contributed by atoms with E-state index < -0.39 is 28.6 Å². The second-order valence-corrected chi connectivity index (χ2v) is 8.84. The van der Waals surface area contributed by atoms with Gasteiger partial charge in [-0.2, -0.15) is 13.2 Å².